The van der Waals surface area contributed by atoms with Crippen LogP contribution < -0.4 is 19.6 Å². The molecule has 0 aliphatic rings. The van der Waals surface area contributed by atoms with E-state index in [-0.39, 0.29) is 11.2 Å². The zero-order valence-electron chi connectivity index (χ0n) is 19.4. The van der Waals surface area contributed by atoms with Crippen molar-refractivity contribution < 1.29 is 19.0 Å². The molecular weight excluding hydrogens is 404 g/mol. The van der Waals surface area contributed by atoms with E-state index < -0.39 is 5.97 Å². The highest BCUT2D eigenvalue weighted by molar-refractivity contribution is 5.91. The van der Waals surface area contributed by atoms with Gasteiger partial charge in [0.05, 0.1) is 19.3 Å². The molecule has 0 spiro atoms. The minimum atomic E-state index is -0.594. The van der Waals surface area contributed by atoms with Crippen molar-refractivity contribution in [3.05, 3.63) is 64.3 Å². The van der Waals surface area contributed by atoms with Gasteiger partial charge in [0.1, 0.15) is 11.5 Å². The van der Waals surface area contributed by atoms with E-state index in [0.29, 0.717) is 23.7 Å². The third-order valence-corrected chi connectivity index (χ3v) is 5.34. The normalized spacial score (nSPS) is 10.6. The first-order valence-corrected chi connectivity index (χ1v) is 11.8. The van der Waals surface area contributed by atoms with Gasteiger partial charge in [-0.05, 0) is 55.0 Å². The number of rotatable bonds is 15. The number of hydrogen-bond donors (Lipinski definition) is 0. The van der Waals surface area contributed by atoms with Gasteiger partial charge >= 0.3 is 5.97 Å². The summed E-state index contributed by atoms with van der Waals surface area (Å²) in [6.07, 6.45) is 12.7. The average molecular weight is 441 g/mol. The van der Waals surface area contributed by atoms with Crippen LogP contribution in [0.3, 0.4) is 0 Å². The van der Waals surface area contributed by atoms with Crippen LogP contribution >= 0.6 is 0 Å². The number of carbonyl (C=O) groups excluding carboxylic acids is 1. The Hall–Kier alpha value is -2.82. The Bertz CT molecular complexity index is 861. The zero-order valence-corrected chi connectivity index (χ0v) is 19.4. The fourth-order valence-electron chi connectivity index (χ4n) is 3.38. The Morgan fingerprint density at radius 3 is 1.91 bits per heavy atom. The molecule has 2 aromatic carbocycles. The van der Waals surface area contributed by atoms with Gasteiger partial charge in [-0.25, -0.2) is 4.79 Å². The third kappa shape index (κ3) is 9.54. The van der Waals surface area contributed by atoms with E-state index >= 15 is 0 Å². The second kappa shape index (κ2) is 15.1. The fourth-order valence-corrected chi connectivity index (χ4v) is 3.38. The molecule has 0 aliphatic heterocycles. The average Bonchev–Trinajstić information content (AvgIpc) is 2.99. The summed E-state index contributed by atoms with van der Waals surface area (Å²) in [6.45, 7) is 2.85. The van der Waals surface area contributed by atoms with Crippen LogP contribution in [0.25, 0.3) is 0 Å². The molecule has 5 nitrogen and oxygen atoms in total. The highest BCUT2D eigenvalue weighted by Gasteiger charge is 2.10. The standard InChI is InChI=1S/C27H36O5/c1-3-4-5-6-7-8-9-10-11-12-21-31-24-17-19-25(28)26(20-18-24)32-27(29)22-13-15-23(30-2)16-14-22/h13-20H,3-12,21H2,1-2H3. The van der Waals surface area contributed by atoms with E-state index in [1.165, 1.54) is 63.5 Å². The van der Waals surface area contributed by atoms with Crippen molar-refractivity contribution in [2.45, 2.75) is 71.1 Å². The minimum Gasteiger partial charge on any atom is -0.497 e. The molecule has 0 N–H and O–H groups in total. The summed E-state index contributed by atoms with van der Waals surface area (Å²) in [5, 5.41) is 0. The van der Waals surface area contributed by atoms with Crippen LogP contribution in [0.4, 0.5) is 0 Å². The van der Waals surface area contributed by atoms with Crippen molar-refractivity contribution in [2.75, 3.05) is 13.7 Å². The van der Waals surface area contributed by atoms with Gasteiger partial charge in [-0.15, -0.1) is 0 Å². The van der Waals surface area contributed by atoms with Gasteiger partial charge in [-0.2, -0.15) is 0 Å². The van der Waals surface area contributed by atoms with Gasteiger partial charge in [-0.1, -0.05) is 64.7 Å². The predicted octanol–water partition coefficient (Wildman–Crippen LogP) is 6.57. The van der Waals surface area contributed by atoms with Gasteiger partial charge in [0.2, 0.25) is 5.43 Å². The van der Waals surface area contributed by atoms with Crippen molar-refractivity contribution in [3.63, 3.8) is 0 Å². The van der Waals surface area contributed by atoms with E-state index in [9.17, 15) is 9.59 Å². The van der Waals surface area contributed by atoms with Gasteiger partial charge in [0, 0.05) is 0 Å². The second-order valence-electron chi connectivity index (χ2n) is 7.95. The number of ether oxygens (including phenoxy) is 3. The zero-order chi connectivity index (χ0) is 23.0. The monoisotopic (exact) mass is 440 g/mol. The summed E-state index contributed by atoms with van der Waals surface area (Å²) in [5.74, 6) is 0.606. The minimum absolute atomic E-state index is 0.0281. The molecule has 174 valence electrons. The number of esters is 1. The van der Waals surface area contributed by atoms with Crippen molar-refractivity contribution in [3.8, 4) is 17.2 Å². The van der Waals surface area contributed by atoms with E-state index in [1.54, 1.807) is 43.5 Å². The maximum atomic E-state index is 12.3. The lowest BCUT2D eigenvalue weighted by atomic mass is 10.1. The number of benzene rings is 1. The summed E-state index contributed by atoms with van der Waals surface area (Å²) >= 11 is 0. The van der Waals surface area contributed by atoms with Crippen LogP contribution in [0.15, 0.2) is 53.3 Å². The van der Waals surface area contributed by atoms with E-state index in [2.05, 4.69) is 6.92 Å². The summed E-state index contributed by atoms with van der Waals surface area (Å²) in [4.78, 5) is 24.5. The van der Waals surface area contributed by atoms with Crippen LogP contribution in [0.2, 0.25) is 0 Å². The van der Waals surface area contributed by atoms with E-state index in [0.717, 1.165) is 12.8 Å². The Balaban J connectivity index is 1.72. The van der Waals surface area contributed by atoms with Crippen LogP contribution in [-0.4, -0.2) is 19.7 Å². The molecule has 0 fully saturated rings. The molecule has 0 amide bonds. The Kier molecular flexibility index (Phi) is 12.0. The molecule has 0 aromatic heterocycles. The van der Waals surface area contributed by atoms with Crippen LogP contribution in [0.5, 0.6) is 17.2 Å². The first-order valence-electron chi connectivity index (χ1n) is 11.8. The lowest BCUT2D eigenvalue weighted by Gasteiger charge is -2.05. The second-order valence-corrected chi connectivity index (χ2v) is 7.95. The number of hydrogen-bond acceptors (Lipinski definition) is 5. The van der Waals surface area contributed by atoms with Crippen molar-refractivity contribution >= 4 is 5.97 Å². The molecule has 5 heteroatoms. The molecule has 0 aliphatic carbocycles. The molecule has 0 unspecified atom stereocenters. The first-order chi connectivity index (χ1) is 15.6. The maximum absolute atomic E-state index is 12.3. The lowest BCUT2D eigenvalue weighted by Crippen LogP contribution is -2.13. The number of methoxy groups -OCH3 is 1. The number of carbonyl (C=O) groups is 1. The van der Waals surface area contributed by atoms with Crippen LogP contribution in [0.1, 0.15) is 81.5 Å². The molecular formula is C27H36O5. The van der Waals surface area contributed by atoms with Crippen molar-refractivity contribution in [2.24, 2.45) is 0 Å². The molecule has 0 atom stereocenters. The maximum Gasteiger partial charge on any atom is 0.343 e. The van der Waals surface area contributed by atoms with Gasteiger partial charge in [0.25, 0.3) is 0 Å². The molecule has 32 heavy (non-hydrogen) atoms. The molecule has 0 saturated carbocycles. The molecule has 2 rings (SSSR count). The quantitative estimate of drug-likeness (QED) is 0.231. The Morgan fingerprint density at radius 2 is 1.28 bits per heavy atom. The fraction of sp³-hybridized carbons (Fsp3) is 0.481. The van der Waals surface area contributed by atoms with Crippen LogP contribution in [-0.2, 0) is 0 Å². The highest BCUT2D eigenvalue weighted by Crippen LogP contribution is 2.16. The number of unbranched alkanes of at least 4 members (excludes halogenated alkanes) is 9. The van der Waals surface area contributed by atoms with E-state index in [1.807, 2.05) is 0 Å². The van der Waals surface area contributed by atoms with Gasteiger partial charge < -0.3 is 14.2 Å². The molecule has 0 heterocycles. The van der Waals surface area contributed by atoms with Gasteiger partial charge in [0.15, 0.2) is 5.75 Å². The SMILES string of the molecule is CCCCCCCCCCCCOc1ccc(OC(=O)c2ccc(OC)cc2)c(=O)cc1. The largest absolute Gasteiger partial charge is 0.497 e. The third-order valence-electron chi connectivity index (χ3n) is 5.34. The summed E-state index contributed by atoms with van der Waals surface area (Å²) in [5.41, 5.74) is -0.0326. The first kappa shape index (κ1) is 25.4. The summed E-state index contributed by atoms with van der Waals surface area (Å²) in [7, 11) is 1.55. The predicted molar refractivity (Wildman–Crippen MR) is 128 cm³/mol. The summed E-state index contributed by atoms with van der Waals surface area (Å²) in [6, 6.07) is 12.6. The van der Waals surface area contributed by atoms with Crippen LogP contribution in [0, 0.1) is 0 Å². The summed E-state index contributed by atoms with van der Waals surface area (Å²) < 4.78 is 16.1. The molecule has 0 bridgehead atoms. The topological polar surface area (TPSA) is 61.8 Å². The molecule has 2 aromatic rings. The molecule has 0 radical (unpaired) electrons. The lowest BCUT2D eigenvalue weighted by molar-refractivity contribution is 0.0733. The van der Waals surface area contributed by atoms with Crippen molar-refractivity contribution in [1.82, 2.24) is 0 Å². The highest BCUT2D eigenvalue weighted by atomic mass is 16.5. The van der Waals surface area contributed by atoms with E-state index in [4.69, 9.17) is 14.2 Å². The molecule has 0 saturated heterocycles. The van der Waals surface area contributed by atoms with Crippen molar-refractivity contribution in [1.29, 1.82) is 0 Å². The van der Waals surface area contributed by atoms with Gasteiger partial charge in [-0.3, -0.25) is 4.79 Å². The smallest absolute Gasteiger partial charge is 0.343 e. The Morgan fingerprint density at radius 1 is 0.719 bits per heavy atom. The Labute approximate surface area is 191 Å².